The quantitative estimate of drug-likeness (QED) is 0.185. The highest BCUT2D eigenvalue weighted by atomic mass is 16.5. The molecule has 0 spiro atoms. The number of carboxylic acids is 1. The summed E-state index contributed by atoms with van der Waals surface area (Å²) in [5.74, 6) is -0.743. The number of aliphatic carboxylic acids is 1. The Labute approximate surface area is 154 Å². The number of rotatable bonds is 18. The number of esters is 1. The lowest BCUT2D eigenvalue weighted by molar-refractivity contribution is -0.143. The van der Waals surface area contributed by atoms with E-state index in [1.54, 1.807) is 0 Å². The lowest BCUT2D eigenvalue weighted by atomic mass is 10.1. The number of carbonyl (C=O) groups is 2. The van der Waals surface area contributed by atoms with Gasteiger partial charge in [0.05, 0.1) is 6.61 Å². The summed E-state index contributed by atoms with van der Waals surface area (Å²) in [5.41, 5.74) is 0. The molecular weight excluding hydrogens is 316 g/mol. The molecular formula is C21H38O4. The molecule has 0 bridgehead atoms. The average Bonchev–Trinajstić information content (AvgIpc) is 2.57. The highest BCUT2D eigenvalue weighted by molar-refractivity contribution is 5.69. The zero-order valence-electron chi connectivity index (χ0n) is 16.1. The van der Waals surface area contributed by atoms with Crippen molar-refractivity contribution < 1.29 is 19.4 Å². The van der Waals surface area contributed by atoms with E-state index in [4.69, 9.17) is 9.84 Å². The van der Waals surface area contributed by atoms with Gasteiger partial charge < -0.3 is 9.84 Å². The molecule has 0 aliphatic heterocycles. The highest BCUT2D eigenvalue weighted by Crippen LogP contribution is 2.10. The maximum Gasteiger partial charge on any atom is 0.305 e. The summed E-state index contributed by atoms with van der Waals surface area (Å²) in [7, 11) is 0. The Hall–Kier alpha value is -1.32. The zero-order chi connectivity index (χ0) is 18.6. The summed E-state index contributed by atoms with van der Waals surface area (Å²) in [6.07, 6.45) is 20.3. The van der Waals surface area contributed by atoms with Gasteiger partial charge in [-0.05, 0) is 45.4 Å². The highest BCUT2D eigenvalue weighted by Gasteiger charge is 2.00. The van der Waals surface area contributed by atoms with Gasteiger partial charge in [-0.2, -0.15) is 0 Å². The second kappa shape index (κ2) is 19.0. The van der Waals surface area contributed by atoms with Crippen molar-refractivity contribution >= 4 is 11.9 Å². The van der Waals surface area contributed by atoms with E-state index in [2.05, 4.69) is 12.2 Å². The van der Waals surface area contributed by atoms with Gasteiger partial charge in [0, 0.05) is 12.8 Å². The number of hydrogen-bond acceptors (Lipinski definition) is 3. The normalized spacial score (nSPS) is 11.1. The third kappa shape index (κ3) is 20.6. The molecule has 1 N–H and O–H groups in total. The first-order chi connectivity index (χ1) is 12.2. The van der Waals surface area contributed by atoms with Gasteiger partial charge in [0.2, 0.25) is 0 Å². The van der Waals surface area contributed by atoms with E-state index >= 15 is 0 Å². The zero-order valence-corrected chi connectivity index (χ0v) is 16.1. The minimum Gasteiger partial charge on any atom is -0.481 e. The third-order valence-corrected chi connectivity index (χ3v) is 4.24. The fourth-order valence-corrected chi connectivity index (χ4v) is 2.78. The molecule has 0 aliphatic rings. The van der Waals surface area contributed by atoms with E-state index in [0.29, 0.717) is 19.4 Å². The van der Waals surface area contributed by atoms with Gasteiger partial charge in [0.25, 0.3) is 0 Å². The number of ether oxygens (including phenoxy) is 1. The van der Waals surface area contributed by atoms with Crippen LogP contribution < -0.4 is 0 Å². The molecule has 25 heavy (non-hydrogen) atoms. The lowest BCUT2D eigenvalue weighted by Crippen LogP contribution is -2.03. The minimum absolute atomic E-state index is 0.0621. The predicted octanol–water partition coefficient (Wildman–Crippen LogP) is 6.04. The summed E-state index contributed by atoms with van der Waals surface area (Å²) in [4.78, 5) is 21.5. The van der Waals surface area contributed by atoms with Crippen molar-refractivity contribution in [1.82, 2.24) is 0 Å². The Morgan fingerprint density at radius 1 is 0.720 bits per heavy atom. The SMILES string of the molecule is CCOC(=O)CCCCCCCCC=CCCCCCCCC(=O)O. The molecule has 0 aromatic carbocycles. The van der Waals surface area contributed by atoms with Gasteiger partial charge in [-0.15, -0.1) is 0 Å². The molecule has 4 heteroatoms. The fourth-order valence-electron chi connectivity index (χ4n) is 2.78. The van der Waals surface area contributed by atoms with Crippen LogP contribution in [-0.4, -0.2) is 23.7 Å². The summed E-state index contributed by atoms with van der Waals surface area (Å²) in [6, 6.07) is 0. The molecule has 0 aliphatic carbocycles. The van der Waals surface area contributed by atoms with Crippen LogP contribution in [0.4, 0.5) is 0 Å². The molecule has 4 nitrogen and oxygen atoms in total. The van der Waals surface area contributed by atoms with Crippen molar-refractivity contribution in [3.63, 3.8) is 0 Å². The Morgan fingerprint density at radius 3 is 1.64 bits per heavy atom. The Kier molecular flexibility index (Phi) is 18.0. The van der Waals surface area contributed by atoms with Gasteiger partial charge >= 0.3 is 11.9 Å². The fraction of sp³-hybridized carbons (Fsp3) is 0.810. The molecule has 0 radical (unpaired) electrons. The second-order valence-electron chi connectivity index (χ2n) is 6.64. The van der Waals surface area contributed by atoms with Crippen LogP contribution in [-0.2, 0) is 14.3 Å². The van der Waals surface area contributed by atoms with E-state index in [1.807, 2.05) is 6.92 Å². The van der Waals surface area contributed by atoms with E-state index in [0.717, 1.165) is 38.5 Å². The van der Waals surface area contributed by atoms with E-state index < -0.39 is 5.97 Å². The number of carboxylic acid groups (broad SMARTS) is 1. The molecule has 0 heterocycles. The van der Waals surface area contributed by atoms with Crippen LogP contribution in [0.5, 0.6) is 0 Å². The summed E-state index contributed by atoms with van der Waals surface area (Å²) < 4.78 is 4.91. The number of hydrogen-bond donors (Lipinski definition) is 1. The smallest absolute Gasteiger partial charge is 0.305 e. The molecule has 0 rings (SSSR count). The molecule has 0 unspecified atom stereocenters. The average molecular weight is 355 g/mol. The van der Waals surface area contributed by atoms with Crippen LogP contribution in [0.25, 0.3) is 0 Å². The minimum atomic E-state index is -0.681. The van der Waals surface area contributed by atoms with Crippen LogP contribution in [0.3, 0.4) is 0 Å². The van der Waals surface area contributed by atoms with Crippen molar-refractivity contribution in [2.75, 3.05) is 6.61 Å². The summed E-state index contributed by atoms with van der Waals surface area (Å²) >= 11 is 0. The van der Waals surface area contributed by atoms with Gasteiger partial charge in [-0.25, -0.2) is 0 Å². The van der Waals surface area contributed by atoms with Crippen molar-refractivity contribution in [2.24, 2.45) is 0 Å². The maximum atomic E-state index is 11.2. The molecule has 0 aromatic heterocycles. The summed E-state index contributed by atoms with van der Waals surface area (Å²) in [6.45, 7) is 2.33. The van der Waals surface area contributed by atoms with Crippen LogP contribution in [0.2, 0.25) is 0 Å². The first-order valence-electron chi connectivity index (χ1n) is 10.2. The predicted molar refractivity (Wildman–Crippen MR) is 103 cm³/mol. The van der Waals surface area contributed by atoms with Crippen molar-refractivity contribution in [3.05, 3.63) is 12.2 Å². The Morgan fingerprint density at radius 2 is 1.16 bits per heavy atom. The van der Waals surface area contributed by atoms with Gasteiger partial charge in [0.15, 0.2) is 0 Å². The molecule has 0 saturated heterocycles. The standard InChI is InChI=1S/C21H38O4/c1-2-25-21(24)19-17-15-13-11-9-7-5-3-4-6-8-10-12-14-16-18-20(22)23/h3-4H,2,5-19H2,1H3,(H,22,23). The lowest BCUT2D eigenvalue weighted by Gasteiger charge is -2.02. The van der Waals surface area contributed by atoms with Gasteiger partial charge in [-0.1, -0.05) is 57.1 Å². The van der Waals surface area contributed by atoms with Gasteiger partial charge in [0.1, 0.15) is 0 Å². The van der Waals surface area contributed by atoms with Crippen LogP contribution in [0.15, 0.2) is 12.2 Å². The molecule has 0 aromatic rings. The first-order valence-corrected chi connectivity index (χ1v) is 10.2. The largest absolute Gasteiger partial charge is 0.481 e. The van der Waals surface area contributed by atoms with Crippen LogP contribution in [0, 0.1) is 0 Å². The van der Waals surface area contributed by atoms with Gasteiger partial charge in [-0.3, -0.25) is 9.59 Å². The molecule has 0 saturated carbocycles. The summed E-state index contributed by atoms with van der Waals surface area (Å²) in [5, 5.41) is 8.54. The van der Waals surface area contributed by atoms with Crippen LogP contribution in [0.1, 0.15) is 103 Å². The van der Waals surface area contributed by atoms with Crippen LogP contribution >= 0.6 is 0 Å². The third-order valence-electron chi connectivity index (χ3n) is 4.24. The number of allylic oxidation sites excluding steroid dienone is 2. The van der Waals surface area contributed by atoms with E-state index in [1.165, 1.54) is 44.9 Å². The molecule has 146 valence electrons. The first kappa shape index (κ1) is 23.7. The topological polar surface area (TPSA) is 63.6 Å². The molecule has 0 atom stereocenters. The van der Waals surface area contributed by atoms with Crippen molar-refractivity contribution in [2.45, 2.75) is 103 Å². The monoisotopic (exact) mass is 354 g/mol. The van der Waals surface area contributed by atoms with E-state index in [-0.39, 0.29) is 5.97 Å². The van der Waals surface area contributed by atoms with Crippen molar-refractivity contribution in [3.8, 4) is 0 Å². The Balaban J connectivity index is 3.15. The van der Waals surface area contributed by atoms with E-state index in [9.17, 15) is 9.59 Å². The number of unbranched alkanes of at least 4 members (excludes halogenated alkanes) is 11. The second-order valence-corrected chi connectivity index (χ2v) is 6.64. The molecule has 0 amide bonds. The maximum absolute atomic E-state index is 11.2. The number of carbonyl (C=O) groups excluding carboxylic acids is 1. The Bertz CT molecular complexity index is 350. The molecule has 0 fully saturated rings. The van der Waals surface area contributed by atoms with Crippen molar-refractivity contribution in [1.29, 1.82) is 0 Å².